The van der Waals surface area contributed by atoms with Gasteiger partial charge in [-0.05, 0) is 18.3 Å². The lowest BCUT2D eigenvalue weighted by Gasteiger charge is -2.16. The van der Waals surface area contributed by atoms with E-state index in [0.29, 0.717) is 0 Å². The fraction of sp³-hybridized carbons (Fsp3) is 0.900. The van der Waals surface area contributed by atoms with Crippen molar-refractivity contribution < 1.29 is 0 Å². The maximum absolute atomic E-state index is 8.41. The van der Waals surface area contributed by atoms with Crippen LogP contribution in [0.5, 0.6) is 0 Å². The molecule has 62 valence electrons. The fourth-order valence-corrected chi connectivity index (χ4v) is 2.05. The van der Waals surface area contributed by atoms with Gasteiger partial charge in [0.15, 0.2) is 0 Å². The molecule has 0 aromatic carbocycles. The number of hydrogen-bond donors (Lipinski definition) is 0. The standard InChI is InChI=1S/C10H17N/c1-9(5-4-8-11)10-6-2-3-7-10/h9-10H,2-7H2,1H3. The first-order valence-electron chi connectivity index (χ1n) is 4.71. The summed E-state index contributed by atoms with van der Waals surface area (Å²) in [6.07, 6.45) is 7.52. The Morgan fingerprint density at radius 2 is 2.09 bits per heavy atom. The van der Waals surface area contributed by atoms with Crippen molar-refractivity contribution in [2.45, 2.75) is 45.4 Å². The molecule has 1 unspecified atom stereocenters. The third-order valence-corrected chi connectivity index (χ3v) is 2.92. The molecule has 0 radical (unpaired) electrons. The second-order valence-electron chi connectivity index (χ2n) is 3.72. The third kappa shape index (κ3) is 2.54. The molecule has 1 rings (SSSR count). The monoisotopic (exact) mass is 151 g/mol. The van der Waals surface area contributed by atoms with Crippen LogP contribution in [0.25, 0.3) is 0 Å². The quantitative estimate of drug-likeness (QED) is 0.608. The number of nitrogens with zero attached hydrogens (tertiary/aromatic N) is 1. The van der Waals surface area contributed by atoms with Crippen LogP contribution >= 0.6 is 0 Å². The fourth-order valence-electron chi connectivity index (χ4n) is 2.05. The molecule has 1 atom stereocenters. The highest BCUT2D eigenvalue weighted by molar-refractivity contribution is 4.77. The van der Waals surface area contributed by atoms with Crippen LogP contribution in [-0.4, -0.2) is 0 Å². The van der Waals surface area contributed by atoms with Crippen molar-refractivity contribution in [3.63, 3.8) is 0 Å². The molecule has 0 bridgehead atoms. The maximum atomic E-state index is 8.41. The van der Waals surface area contributed by atoms with E-state index < -0.39 is 0 Å². The second kappa shape index (κ2) is 4.38. The highest BCUT2D eigenvalue weighted by atomic mass is 14.3. The number of rotatable bonds is 3. The molecule has 1 aliphatic carbocycles. The molecule has 1 heteroatoms. The van der Waals surface area contributed by atoms with E-state index in [1.165, 1.54) is 25.7 Å². The van der Waals surface area contributed by atoms with Crippen LogP contribution in [0.3, 0.4) is 0 Å². The summed E-state index contributed by atoms with van der Waals surface area (Å²) in [4.78, 5) is 0. The van der Waals surface area contributed by atoms with Crippen LogP contribution in [-0.2, 0) is 0 Å². The van der Waals surface area contributed by atoms with Crippen molar-refractivity contribution in [2.24, 2.45) is 11.8 Å². The first-order chi connectivity index (χ1) is 5.34. The Bertz CT molecular complexity index is 139. The van der Waals surface area contributed by atoms with E-state index in [0.717, 1.165) is 24.7 Å². The minimum atomic E-state index is 0.748. The van der Waals surface area contributed by atoms with Crippen LogP contribution in [0, 0.1) is 23.2 Å². The van der Waals surface area contributed by atoms with Crippen molar-refractivity contribution in [3.8, 4) is 6.07 Å². The molecule has 0 aromatic rings. The molecule has 1 aliphatic rings. The molecule has 1 saturated carbocycles. The molecule has 0 amide bonds. The number of nitriles is 1. The van der Waals surface area contributed by atoms with Gasteiger partial charge in [0, 0.05) is 6.42 Å². The Morgan fingerprint density at radius 3 is 2.64 bits per heavy atom. The van der Waals surface area contributed by atoms with Crippen molar-refractivity contribution in [1.29, 1.82) is 5.26 Å². The zero-order valence-electron chi connectivity index (χ0n) is 7.34. The molecule has 0 spiro atoms. The Kier molecular flexibility index (Phi) is 3.42. The van der Waals surface area contributed by atoms with Gasteiger partial charge in [-0.1, -0.05) is 32.6 Å². The molecule has 0 aromatic heterocycles. The van der Waals surface area contributed by atoms with E-state index in [1.807, 2.05) is 0 Å². The van der Waals surface area contributed by atoms with Crippen LogP contribution in [0.1, 0.15) is 45.4 Å². The van der Waals surface area contributed by atoms with E-state index in [9.17, 15) is 0 Å². The molecule has 11 heavy (non-hydrogen) atoms. The zero-order chi connectivity index (χ0) is 8.10. The number of hydrogen-bond acceptors (Lipinski definition) is 1. The predicted octanol–water partition coefficient (Wildman–Crippen LogP) is 3.12. The average molecular weight is 151 g/mol. The maximum Gasteiger partial charge on any atom is 0.0621 e. The highest BCUT2D eigenvalue weighted by Crippen LogP contribution is 2.33. The molecule has 0 N–H and O–H groups in total. The van der Waals surface area contributed by atoms with E-state index >= 15 is 0 Å². The van der Waals surface area contributed by atoms with Gasteiger partial charge in [-0.15, -0.1) is 0 Å². The van der Waals surface area contributed by atoms with Crippen LogP contribution in [0.15, 0.2) is 0 Å². The third-order valence-electron chi connectivity index (χ3n) is 2.92. The summed E-state index contributed by atoms with van der Waals surface area (Å²) < 4.78 is 0. The highest BCUT2D eigenvalue weighted by Gasteiger charge is 2.20. The lowest BCUT2D eigenvalue weighted by atomic mass is 9.89. The molecule has 1 fully saturated rings. The summed E-state index contributed by atoms with van der Waals surface area (Å²) >= 11 is 0. The van der Waals surface area contributed by atoms with Gasteiger partial charge >= 0.3 is 0 Å². The van der Waals surface area contributed by atoms with Gasteiger partial charge in [0.25, 0.3) is 0 Å². The Morgan fingerprint density at radius 1 is 1.45 bits per heavy atom. The average Bonchev–Trinajstić information content (AvgIpc) is 2.52. The Balaban J connectivity index is 2.18. The summed E-state index contributed by atoms with van der Waals surface area (Å²) in [5.74, 6) is 1.72. The summed E-state index contributed by atoms with van der Waals surface area (Å²) in [6, 6.07) is 2.22. The lowest BCUT2D eigenvalue weighted by Crippen LogP contribution is -2.06. The Labute approximate surface area is 69.4 Å². The summed E-state index contributed by atoms with van der Waals surface area (Å²) in [5.41, 5.74) is 0. The molecular weight excluding hydrogens is 134 g/mol. The minimum Gasteiger partial charge on any atom is -0.198 e. The van der Waals surface area contributed by atoms with Crippen molar-refractivity contribution in [1.82, 2.24) is 0 Å². The lowest BCUT2D eigenvalue weighted by molar-refractivity contribution is 0.349. The van der Waals surface area contributed by atoms with Gasteiger partial charge < -0.3 is 0 Å². The molecule has 0 aliphatic heterocycles. The first kappa shape index (κ1) is 8.59. The van der Waals surface area contributed by atoms with Crippen molar-refractivity contribution in [3.05, 3.63) is 0 Å². The molecule has 0 heterocycles. The first-order valence-corrected chi connectivity index (χ1v) is 4.71. The zero-order valence-corrected chi connectivity index (χ0v) is 7.34. The normalized spacial score (nSPS) is 21.5. The Hall–Kier alpha value is -0.510. The predicted molar refractivity (Wildman–Crippen MR) is 46.0 cm³/mol. The molecule has 0 saturated heterocycles. The van der Waals surface area contributed by atoms with Gasteiger partial charge in [-0.25, -0.2) is 0 Å². The van der Waals surface area contributed by atoms with Gasteiger partial charge in [-0.3, -0.25) is 0 Å². The molecule has 1 nitrogen and oxygen atoms in total. The van der Waals surface area contributed by atoms with Gasteiger partial charge in [-0.2, -0.15) is 5.26 Å². The van der Waals surface area contributed by atoms with Gasteiger partial charge in [0.1, 0.15) is 0 Å². The summed E-state index contributed by atoms with van der Waals surface area (Å²) in [5, 5.41) is 8.41. The van der Waals surface area contributed by atoms with Crippen molar-refractivity contribution in [2.75, 3.05) is 0 Å². The van der Waals surface area contributed by atoms with Crippen LogP contribution in [0.2, 0.25) is 0 Å². The summed E-state index contributed by atoms with van der Waals surface area (Å²) in [7, 11) is 0. The van der Waals surface area contributed by atoms with Crippen molar-refractivity contribution >= 4 is 0 Å². The van der Waals surface area contributed by atoms with Crippen LogP contribution in [0.4, 0.5) is 0 Å². The van der Waals surface area contributed by atoms with E-state index in [2.05, 4.69) is 13.0 Å². The topological polar surface area (TPSA) is 23.8 Å². The largest absolute Gasteiger partial charge is 0.198 e. The smallest absolute Gasteiger partial charge is 0.0621 e. The molecular formula is C10H17N. The van der Waals surface area contributed by atoms with E-state index in [4.69, 9.17) is 5.26 Å². The van der Waals surface area contributed by atoms with Crippen LogP contribution < -0.4 is 0 Å². The summed E-state index contributed by atoms with van der Waals surface area (Å²) in [6.45, 7) is 2.30. The van der Waals surface area contributed by atoms with Gasteiger partial charge in [0.2, 0.25) is 0 Å². The SMILES string of the molecule is CC(CCC#N)C1CCCC1. The van der Waals surface area contributed by atoms with Gasteiger partial charge in [0.05, 0.1) is 6.07 Å². The minimum absolute atomic E-state index is 0.748. The van der Waals surface area contributed by atoms with E-state index in [-0.39, 0.29) is 0 Å². The van der Waals surface area contributed by atoms with E-state index in [1.54, 1.807) is 0 Å². The second-order valence-corrected chi connectivity index (χ2v) is 3.72.